The lowest BCUT2D eigenvalue weighted by molar-refractivity contribution is -0.139. The third-order valence-electron chi connectivity index (χ3n) is 4.87. The summed E-state index contributed by atoms with van der Waals surface area (Å²) in [5.74, 6) is -0.335. The van der Waals surface area contributed by atoms with Gasteiger partial charge in [-0.15, -0.1) is 0 Å². The Morgan fingerprint density at radius 1 is 1.19 bits per heavy atom. The number of halogens is 1. The van der Waals surface area contributed by atoms with Crippen LogP contribution in [0.1, 0.15) is 36.6 Å². The largest absolute Gasteiger partial charge is 0.463 e. The number of thioether (sulfide) groups is 1. The van der Waals surface area contributed by atoms with E-state index < -0.39 is 12.0 Å². The van der Waals surface area contributed by atoms with Crippen LogP contribution in [0.3, 0.4) is 0 Å². The highest BCUT2D eigenvalue weighted by atomic mass is 79.9. The van der Waals surface area contributed by atoms with E-state index in [1.807, 2.05) is 63.2 Å². The molecule has 0 bridgehead atoms. The van der Waals surface area contributed by atoms with Gasteiger partial charge in [-0.05, 0) is 57.0 Å². The van der Waals surface area contributed by atoms with Gasteiger partial charge in [0, 0.05) is 15.9 Å². The molecule has 8 heteroatoms. The highest BCUT2D eigenvalue weighted by Crippen LogP contribution is 2.34. The number of nitrogens with one attached hydrogen (secondary N) is 2. The second-order valence-electron chi connectivity index (χ2n) is 7.43. The number of amidine groups is 1. The summed E-state index contributed by atoms with van der Waals surface area (Å²) in [5, 5.41) is 6.69. The summed E-state index contributed by atoms with van der Waals surface area (Å²) >= 11 is 4.78. The fraction of sp³-hybridized carbons (Fsp3) is 0.292. The number of anilines is 1. The Morgan fingerprint density at radius 2 is 1.97 bits per heavy atom. The quantitative estimate of drug-likeness (QED) is 0.511. The first-order chi connectivity index (χ1) is 15.3. The van der Waals surface area contributed by atoms with Crippen LogP contribution in [0.2, 0.25) is 0 Å². The number of aryl methyl sites for hydroxylation is 2. The van der Waals surface area contributed by atoms with E-state index in [-0.39, 0.29) is 18.3 Å². The van der Waals surface area contributed by atoms with Gasteiger partial charge in [0.15, 0.2) is 5.17 Å². The van der Waals surface area contributed by atoms with Gasteiger partial charge in [-0.25, -0.2) is 9.79 Å². The molecule has 6 nitrogen and oxygen atoms in total. The van der Waals surface area contributed by atoms with Crippen LogP contribution in [-0.4, -0.2) is 29.4 Å². The molecule has 1 aliphatic rings. The predicted octanol–water partition coefficient (Wildman–Crippen LogP) is 5.28. The van der Waals surface area contributed by atoms with E-state index in [2.05, 4.69) is 26.6 Å². The van der Waals surface area contributed by atoms with Crippen LogP contribution in [0.5, 0.6) is 0 Å². The van der Waals surface area contributed by atoms with Crippen molar-refractivity contribution in [2.45, 2.75) is 33.7 Å². The monoisotopic (exact) mass is 515 g/mol. The molecular weight excluding hydrogens is 490 g/mol. The Kier molecular flexibility index (Phi) is 8.15. The molecule has 168 valence electrons. The van der Waals surface area contributed by atoms with Crippen molar-refractivity contribution in [1.82, 2.24) is 5.32 Å². The molecule has 32 heavy (non-hydrogen) atoms. The fourth-order valence-electron chi connectivity index (χ4n) is 3.39. The topological polar surface area (TPSA) is 79.8 Å². The van der Waals surface area contributed by atoms with Gasteiger partial charge < -0.3 is 15.4 Å². The number of ether oxygens (including phenoxy) is 1. The average molecular weight is 516 g/mol. The molecular formula is C24H26BrN3O3S. The van der Waals surface area contributed by atoms with Gasteiger partial charge in [-0.2, -0.15) is 0 Å². The first kappa shape index (κ1) is 24.1. The van der Waals surface area contributed by atoms with Crippen molar-refractivity contribution in [2.75, 3.05) is 17.7 Å². The number of allylic oxidation sites excluding steroid dienone is 1. The minimum atomic E-state index is -0.516. The van der Waals surface area contributed by atoms with Crippen molar-refractivity contribution in [3.05, 3.63) is 74.9 Å². The molecule has 2 N–H and O–H groups in total. The molecule has 2 aromatic carbocycles. The van der Waals surface area contributed by atoms with E-state index in [4.69, 9.17) is 9.73 Å². The van der Waals surface area contributed by atoms with Crippen LogP contribution in [0.4, 0.5) is 5.69 Å². The van der Waals surface area contributed by atoms with Crippen molar-refractivity contribution < 1.29 is 14.3 Å². The summed E-state index contributed by atoms with van der Waals surface area (Å²) in [5.41, 5.74) is 4.96. The summed E-state index contributed by atoms with van der Waals surface area (Å²) in [4.78, 5) is 29.9. The van der Waals surface area contributed by atoms with Gasteiger partial charge in [-0.1, -0.05) is 57.5 Å². The molecule has 0 aliphatic carbocycles. The molecule has 3 rings (SSSR count). The van der Waals surface area contributed by atoms with Gasteiger partial charge >= 0.3 is 5.97 Å². The predicted molar refractivity (Wildman–Crippen MR) is 134 cm³/mol. The Morgan fingerprint density at radius 3 is 2.66 bits per heavy atom. The Hall–Kier alpha value is -2.58. The molecule has 1 heterocycles. The number of carbonyl (C=O) groups is 2. The summed E-state index contributed by atoms with van der Waals surface area (Å²) in [6.07, 6.45) is 0. The molecule has 1 aliphatic heterocycles. The van der Waals surface area contributed by atoms with Crippen LogP contribution in [0.15, 0.2) is 63.2 Å². The van der Waals surface area contributed by atoms with Crippen molar-refractivity contribution >= 4 is 50.4 Å². The van der Waals surface area contributed by atoms with E-state index >= 15 is 0 Å². The number of nitrogens with zero attached hydrogens (tertiary/aromatic N) is 1. The van der Waals surface area contributed by atoms with E-state index in [1.54, 1.807) is 6.92 Å². The fourth-order valence-corrected chi connectivity index (χ4v) is 4.55. The zero-order valence-electron chi connectivity index (χ0n) is 18.5. The van der Waals surface area contributed by atoms with Crippen LogP contribution in [0.25, 0.3) is 0 Å². The minimum absolute atomic E-state index is 0.122. The number of amides is 1. The Bertz CT molecular complexity index is 1100. The number of carbonyl (C=O) groups excluding carboxylic acids is 2. The highest BCUT2D eigenvalue weighted by Gasteiger charge is 2.30. The smallest absolute Gasteiger partial charge is 0.338 e. The number of aliphatic imine (C=N–C) groups is 1. The normalized spacial score (nSPS) is 15.7. The van der Waals surface area contributed by atoms with E-state index in [0.29, 0.717) is 16.4 Å². The van der Waals surface area contributed by atoms with E-state index in [9.17, 15) is 9.59 Å². The second kappa shape index (κ2) is 10.8. The standard InChI is InChI=1S/C24H26BrN3O3S/c1-5-31-23(30)21-16(4)26-24(28-22(21)17-7-6-8-18(25)12-17)32-13-20(29)27-19-10-9-14(2)11-15(19)3/h6-12,22H,5,13H2,1-4H3,(H,26,28)(H,27,29)/t22-/m0/s1. The Labute approximate surface area is 201 Å². The molecule has 0 aromatic heterocycles. The van der Waals surface area contributed by atoms with Crippen molar-refractivity contribution in [2.24, 2.45) is 4.99 Å². The molecule has 0 fully saturated rings. The highest BCUT2D eigenvalue weighted by molar-refractivity contribution is 9.10. The average Bonchev–Trinajstić information content (AvgIpc) is 2.74. The summed E-state index contributed by atoms with van der Waals surface area (Å²) in [7, 11) is 0. The lowest BCUT2D eigenvalue weighted by Crippen LogP contribution is -2.31. The van der Waals surface area contributed by atoms with Crippen molar-refractivity contribution in [1.29, 1.82) is 0 Å². The molecule has 0 saturated heterocycles. The van der Waals surface area contributed by atoms with Crippen LogP contribution < -0.4 is 10.6 Å². The lowest BCUT2D eigenvalue weighted by Gasteiger charge is -2.26. The number of benzene rings is 2. The molecule has 2 aromatic rings. The van der Waals surface area contributed by atoms with Crippen LogP contribution >= 0.6 is 27.7 Å². The van der Waals surface area contributed by atoms with Crippen molar-refractivity contribution in [3.63, 3.8) is 0 Å². The molecule has 1 atom stereocenters. The lowest BCUT2D eigenvalue weighted by atomic mass is 9.97. The van der Waals surface area contributed by atoms with Gasteiger partial charge in [0.25, 0.3) is 0 Å². The maximum absolute atomic E-state index is 12.6. The van der Waals surface area contributed by atoms with Gasteiger partial charge in [-0.3, -0.25) is 4.79 Å². The van der Waals surface area contributed by atoms with Gasteiger partial charge in [0.05, 0.1) is 17.9 Å². The van der Waals surface area contributed by atoms with Crippen molar-refractivity contribution in [3.8, 4) is 0 Å². The number of esters is 1. The maximum atomic E-state index is 12.6. The molecule has 0 saturated carbocycles. The third-order valence-corrected chi connectivity index (χ3v) is 6.25. The number of hydrogen-bond donors (Lipinski definition) is 2. The molecule has 1 amide bonds. The van der Waals surface area contributed by atoms with E-state index in [1.165, 1.54) is 11.8 Å². The number of hydrogen-bond acceptors (Lipinski definition) is 6. The van der Waals surface area contributed by atoms with Gasteiger partial charge in [0.2, 0.25) is 5.91 Å². The zero-order valence-corrected chi connectivity index (χ0v) is 20.9. The van der Waals surface area contributed by atoms with Crippen LogP contribution in [0, 0.1) is 13.8 Å². The summed E-state index contributed by atoms with van der Waals surface area (Å²) in [6.45, 7) is 7.86. The first-order valence-electron chi connectivity index (χ1n) is 10.3. The molecule has 0 unspecified atom stereocenters. The Balaban J connectivity index is 1.77. The molecule has 0 spiro atoms. The van der Waals surface area contributed by atoms with E-state index in [0.717, 1.165) is 26.9 Å². The van der Waals surface area contributed by atoms with Crippen LogP contribution in [-0.2, 0) is 14.3 Å². The maximum Gasteiger partial charge on any atom is 0.338 e. The summed E-state index contributed by atoms with van der Waals surface area (Å²) < 4.78 is 6.16. The number of rotatable bonds is 6. The first-order valence-corrected chi connectivity index (χ1v) is 12.0. The minimum Gasteiger partial charge on any atom is -0.463 e. The summed E-state index contributed by atoms with van der Waals surface area (Å²) in [6, 6.07) is 13.1. The second-order valence-corrected chi connectivity index (χ2v) is 9.31. The van der Waals surface area contributed by atoms with Gasteiger partial charge in [0.1, 0.15) is 6.04 Å². The molecule has 0 radical (unpaired) electrons. The SMILES string of the molecule is CCOC(=O)C1=C(C)NC(SCC(=O)Nc2ccc(C)cc2C)=N[C@H]1c1cccc(Br)c1. The third kappa shape index (κ3) is 6.01. The zero-order chi connectivity index (χ0) is 23.3.